The predicted molar refractivity (Wildman–Crippen MR) is 83.4 cm³/mol. The molecule has 21 heavy (non-hydrogen) atoms. The molecule has 1 heterocycles. The summed E-state index contributed by atoms with van der Waals surface area (Å²) in [4.78, 5) is 25.0. The number of anilines is 1. The lowest BCUT2D eigenvalue weighted by Gasteiger charge is -2.34. The van der Waals surface area contributed by atoms with Crippen LogP contribution in [0.2, 0.25) is 5.02 Å². The van der Waals surface area contributed by atoms with Gasteiger partial charge < -0.3 is 10.2 Å². The smallest absolute Gasteiger partial charge is 0.249 e. The summed E-state index contributed by atoms with van der Waals surface area (Å²) in [6.45, 7) is 6.78. The van der Waals surface area contributed by atoms with E-state index in [0.29, 0.717) is 16.8 Å². The molecule has 1 aliphatic rings. The van der Waals surface area contributed by atoms with Gasteiger partial charge in [0.25, 0.3) is 0 Å². The van der Waals surface area contributed by atoms with Gasteiger partial charge in [-0.05, 0) is 24.6 Å². The molecule has 2 amide bonds. The first kappa shape index (κ1) is 15.8. The number of imide groups is 1. The van der Waals surface area contributed by atoms with Gasteiger partial charge in [0.2, 0.25) is 11.8 Å². The summed E-state index contributed by atoms with van der Waals surface area (Å²) in [6.07, 6.45) is 0. The van der Waals surface area contributed by atoms with E-state index in [1.54, 1.807) is 11.8 Å². The van der Waals surface area contributed by atoms with Gasteiger partial charge in [0.1, 0.15) is 6.04 Å². The van der Waals surface area contributed by atoms with Crippen LogP contribution in [0.25, 0.3) is 0 Å². The van der Waals surface area contributed by atoms with Crippen LogP contribution in [0, 0.1) is 0 Å². The van der Waals surface area contributed by atoms with Gasteiger partial charge in [0.15, 0.2) is 0 Å². The summed E-state index contributed by atoms with van der Waals surface area (Å²) >= 11 is 6.33. The number of nitrogens with zero attached hydrogens (tertiary/aromatic N) is 1. The van der Waals surface area contributed by atoms with Crippen molar-refractivity contribution in [3.63, 3.8) is 0 Å². The van der Waals surface area contributed by atoms with Crippen molar-refractivity contribution >= 4 is 29.1 Å². The molecule has 0 saturated carbocycles. The third-order valence-corrected chi connectivity index (χ3v) is 3.76. The van der Waals surface area contributed by atoms with E-state index in [4.69, 9.17) is 11.6 Å². The molecule has 0 aromatic heterocycles. The van der Waals surface area contributed by atoms with Crippen LogP contribution in [0.1, 0.15) is 26.3 Å². The van der Waals surface area contributed by atoms with Crippen LogP contribution in [0.5, 0.6) is 0 Å². The maximum atomic E-state index is 11.7. The number of hydrogen-bond donors (Lipinski definition) is 2. The van der Waals surface area contributed by atoms with Crippen LogP contribution >= 0.6 is 11.6 Å². The molecule has 1 fully saturated rings. The first-order valence-electron chi connectivity index (χ1n) is 7.00. The van der Waals surface area contributed by atoms with Crippen molar-refractivity contribution in [1.82, 2.24) is 10.6 Å². The number of piperazine rings is 1. The van der Waals surface area contributed by atoms with Gasteiger partial charge in [-0.25, -0.2) is 0 Å². The van der Waals surface area contributed by atoms with Crippen LogP contribution in [-0.2, 0) is 16.1 Å². The second-order valence-corrected chi connectivity index (χ2v) is 5.94. The number of hydrogen-bond acceptors (Lipinski definition) is 4. The van der Waals surface area contributed by atoms with Gasteiger partial charge in [-0.1, -0.05) is 31.5 Å². The van der Waals surface area contributed by atoms with Gasteiger partial charge in [0, 0.05) is 12.6 Å². The summed E-state index contributed by atoms with van der Waals surface area (Å²) in [5.41, 5.74) is 1.78. The van der Waals surface area contributed by atoms with Gasteiger partial charge in [0.05, 0.1) is 17.3 Å². The van der Waals surface area contributed by atoms with Crippen LogP contribution in [-0.4, -0.2) is 30.4 Å². The van der Waals surface area contributed by atoms with Crippen molar-refractivity contribution in [2.75, 3.05) is 11.4 Å². The van der Waals surface area contributed by atoms with E-state index < -0.39 is 6.04 Å². The molecule has 1 aliphatic heterocycles. The summed E-state index contributed by atoms with van der Waals surface area (Å²) in [5.74, 6) is -0.604. The fraction of sp³-hybridized carbons (Fsp3) is 0.467. The topological polar surface area (TPSA) is 61.4 Å². The Hall–Kier alpha value is -1.59. The highest BCUT2D eigenvalue weighted by Gasteiger charge is 2.31. The number of carbonyl (C=O) groups excluding carboxylic acids is 2. The molecule has 114 valence electrons. The number of halogens is 1. The molecule has 2 N–H and O–H groups in total. The molecule has 2 rings (SSSR count). The molecule has 0 radical (unpaired) electrons. The van der Waals surface area contributed by atoms with Crippen molar-refractivity contribution in [2.24, 2.45) is 0 Å². The Bertz CT molecular complexity index is 560. The third-order valence-electron chi connectivity index (χ3n) is 3.46. The lowest BCUT2D eigenvalue weighted by atomic mass is 10.1. The average molecular weight is 310 g/mol. The summed E-state index contributed by atoms with van der Waals surface area (Å²) in [5, 5.41) is 6.19. The molecule has 1 aromatic rings. The van der Waals surface area contributed by atoms with Crippen molar-refractivity contribution in [1.29, 1.82) is 0 Å². The minimum absolute atomic E-state index is 0.135. The molecule has 1 unspecified atom stereocenters. The van der Waals surface area contributed by atoms with Crippen LogP contribution in [0.15, 0.2) is 18.2 Å². The minimum atomic E-state index is -0.417. The highest BCUT2D eigenvalue weighted by Crippen LogP contribution is 2.29. The Morgan fingerprint density at radius 2 is 2.14 bits per heavy atom. The molecular weight excluding hydrogens is 290 g/mol. The van der Waals surface area contributed by atoms with Crippen LogP contribution in [0.3, 0.4) is 0 Å². The van der Waals surface area contributed by atoms with Crippen LogP contribution in [0.4, 0.5) is 5.69 Å². The number of nitrogens with one attached hydrogen (secondary N) is 2. The largest absolute Gasteiger partial charge is 0.349 e. The van der Waals surface area contributed by atoms with Gasteiger partial charge in [-0.15, -0.1) is 0 Å². The monoisotopic (exact) mass is 309 g/mol. The maximum Gasteiger partial charge on any atom is 0.249 e. The second-order valence-electron chi connectivity index (χ2n) is 5.54. The first-order chi connectivity index (χ1) is 9.88. The van der Waals surface area contributed by atoms with Crippen molar-refractivity contribution in [3.8, 4) is 0 Å². The number of amides is 2. The zero-order valence-electron chi connectivity index (χ0n) is 12.4. The summed E-state index contributed by atoms with van der Waals surface area (Å²) < 4.78 is 0. The minimum Gasteiger partial charge on any atom is -0.349 e. The van der Waals surface area contributed by atoms with E-state index in [-0.39, 0.29) is 18.4 Å². The van der Waals surface area contributed by atoms with Crippen molar-refractivity contribution in [3.05, 3.63) is 28.8 Å². The highest BCUT2D eigenvalue weighted by atomic mass is 35.5. The number of benzene rings is 1. The lowest BCUT2D eigenvalue weighted by molar-refractivity contribution is -0.132. The normalized spacial score (nSPS) is 19.1. The quantitative estimate of drug-likeness (QED) is 0.831. The fourth-order valence-electron chi connectivity index (χ4n) is 2.22. The van der Waals surface area contributed by atoms with Gasteiger partial charge >= 0.3 is 0 Å². The van der Waals surface area contributed by atoms with E-state index in [1.165, 1.54) is 0 Å². The summed E-state index contributed by atoms with van der Waals surface area (Å²) in [6, 6.07) is 5.67. The highest BCUT2D eigenvalue weighted by molar-refractivity contribution is 6.33. The SMILES string of the molecule is CC(C)NCc1ccc(N2CC(=O)NC(=O)C2C)c(Cl)c1. The molecular formula is C15H20ClN3O2. The molecule has 0 bridgehead atoms. The molecule has 0 aliphatic carbocycles. The molecule has 6 heteroatoms. The maximum absolute atomic E-state index is 11.7. The molecule has 1 saturated heterocycles. The Morgan fingerprint density at radius 3 is 2.76 bits per heavy atom. The van der Waals surface area contributed by atoms with Crippen molar-refractivity contribution in [2.45, 2.75) is 39.4 Å². The van der Waals surface area contributed by atoms with E-state index in [1.807, 2.05) is 18.2 Å². The Kier molecular flexibility index (Phi) is 4.85. The zero-order valence-corrected chi connectivity index (χ0v) is 13.2. The Morgan fingerprint density at radius 1 is 1.43 bits per heavy atom. The molecule has 5 nitrogen and oxygen atoms in total. The Labute approximate surface area is 129 Å². The second kappa shape index (κ2) is 6.45. The molecule has 1 aromatic carbocycles. The number of carbonyl (C=O) groups is 2. The van der Waals surface area contributed by atoms with Crippen LogP contribution < -0.4 is 15.5 Å². The van der Waals surface area contributed by atoms with Crippen molar-refractivity contribution < 1.29 is 9.59 Å². The molecule has 0 spiro atoms. The Balaban J connectivity index is 2.20. The van der Waals surface area contributed by atoms with E-state index in [9.17, 15) is 9.59 Å². The first-order valence-corrected chi connectivity index (χ1v) is 7.38. The van der Waals surface area contributed by atoms with Gasteiger partial charge in [-0.2, -0.15) is 0 Å². The standard InChI is InChI=1S/C15H20ClN3O2/c1-9(2)17-7-11-4-5-13(12(16)6-11)19-8-14(20)18-15(21)10(19)3/h4-6,9-10,17H,7-8H2,1-3H3,(H,18,20,21). The lowest BCUT2D eigenvalue weighted by Crippen LogP contribution is -2.57. The van der Waals surface area contributed by atoms with E-state index in [2.05, 4.69) is 24.5 Å². The predicted octanol–water partition coefficient (Wildman–Crippen LogP) is 1.69. The fourth-order valence-corrected chi connectivity index (χ4v) is 2.54. The number of rotatable bonds is 4. The average Bonchev–Trinajstić information content (AvgIpc) is 2.41. The van der Waals surface area contributed by atoms with E-state index >= 15 is 0 Å². The summed E-state index contributed by atoms with van der Waals surface area (Å²) in [7, 11) is 0. The third kappa shape index (κ3) is 3.74. The van der Waals surface area contributed by atoms with Gasteiger partial charge in [-0.3, -0.25) is 14.9 Å². The molecule has 1 atom stereocenters. The zero-order chi connectivity index (χ0) is 15.6. The van der Waals surface area contributed by atoms with E-state index in [0.717, 1.165) is 12.1 Å².